The highest BCUT2D eigenvalue weighted by atomic mass is 32.2. The molecule has 1 saturated heterocycles. The molecule has 0 atom stereocenters. The molecule has 0 radical (unpaired) electrons. The van der Waals surface area contributed by atoms with Gasteiger partial charge in [0.15, 0.2) is 5.17 Å². The summed E-state index contributed by atoms with van der Waals surface area (Å²) >= 11 is 1.35. The van der Waals surface area contributed by atoms with Crippen molar-refractivity contribution >= 4 is 39.8 Å². The van der Waals surface area contributed by atoms with E-state index in [1.807, 2.05) is 36.4 Å². The van der Waals surface area contributed by atoms with E-state index in [-0.39, 0.29) is 5.91 Å². The van der Waals surface area contributed by atoms with Crippen molar-refractivity contribution in [1.29, 1.82) is 0 Å². The molecule has 5 nitrogen and oxygen atoms in total. The van der Waals surface area contributed by atoms with Gasteiger partial charge in [-0.2, -0.15) is 5.10 Å². The number of benzene rings is 2. The average molecular weight is 299 g/mol. The molecule has 0 saturated carbocycles. The Hall–Kier alpha value is -2.34. The number of nitrogens with zero attached hydrogens (tertiary/aromatic N) is 2. The van der Waals surface area contributed by atoms with Crippen molar-refractivity contribution in [2.24, 2.45) is 10.2 Å². The fourth-order valence-electron chi connectivity index (χ4n) is 1.98. The van der Waals surface area contributed by atoms with E-state index in [4.69, 9.17) is 4.74 Å². The lowest BCUT2D eigenvalue weighted by Crippen LogP contribution is -2.19. The van der Waals surface area contributed by atoms with Crippen LogP contribution >= 0.6 is 11.8 Å². The van der Waals surface area contributed by atoms with E-state index in [0.29, 0.717) is 10.9 Å². The zero-order valence-electron chi connectivity index (χ0n) is 11.4. The van der Waals surface area contributed by atoms with Crippen molar-refractivity contribution in [3.8, 4) is 5.75 Å². The monoisotopic (exact) mass is 299 g/mol. The molecule has 2 aromatic rings. The molecule has 0 spiro atoms. The number of nitrogens with one attached hydrogen (secondary N) is 1. The minimum atomic E-state index is -0.0337. The fraction of sp³-hybridized carbons (Fsp3) is 0.133. The first-order chi connectivity index (χ1) is 10.2. The Morgan fingerprint density at radius 3 is 2.81 bits per heavy atom. The molecule has 0 aliphatic carbocycles. The molecular weight excluding hydrogens is 286 g/mol. The van der Waals surface area contributed by atoms with Gasteiger partial charge in [0.05, 0.1) is 19.1 Å². The zero-order chi connectivity index (χ0) is 14.7. The number of fused-ring (bicyclic) bond motifs is 1. The van der Waals surface area contributed by atoms with Gasteiger partial charge in [-0.05, 0) is 34.5 Å². The summed E-state index contributed by atoms with van der Waals surface area (Å²) in [6, 6.07) is 11.9. The van der Waals surface area contributed by atoms with Crippen molar-refractivity contribution in [1.82, 2.24) is 5.32 Å². The van der Waals surface area contributed by atoms with Crippen molar-refractivity contribution in [2.45, 2.75) is 0 Å². The van der Waals surface area contributed by atoms with Crippen molar-refractivity contribution in [3.05, 3.63) is 42.0 Å². The van der Waals surface area contributed by atoms with Gasteiger partial charge >= 0.3 is 0 Å². The van der Waals surface area contributed by atoms with E-state index < -0.39 is 0 Å². The molecule has 106 valence electrons. The highest BCUT2D eigenvalue weighted by molar-refractivity contribution is 8.15. The lowest BCUT2D eigenvalue weighted by Gasteiger charge is -2.03. The molecule has 1 aliphatic heterocycles. The zero-order valence-corrected chi connectivity index (χ0v) is 12.2. The third-order valence-electron chi connectivity index (χ3n) is 3.01. The average Bonchev–Trinajstić information content (AvgIpc) is 2.92. The summed E-state index contributed by atoms with van der Waals surface area (Å²) in [5, 5.41) is 13.4. The molecule has 21 heavy (non-hydrogen) atoms. The van der Waals surface area contributed by atoms with Crippen LogP contribution in [0.5, 0.6) is 5.75 Å². The van der Waals surface area contributed by atoms with Crippen LogP contribution in [0.15, 0.2) is 46.6 Å². The van der Waals surface area contributed by atoms with E-state index in [2.05, 4.69) is 15.5 Å². The van der Waals surface area contributed by atoms with Gasteiger partial charge in [0.1, 0.15) is 5.75 Å². The molecule has 0 aromatic heterocycles. The number of amidine groups is 1. The third-order valence-corrected chi connectivity index (χ3v) is 3.88. The van der Waals surface area contributed by atoms with Gasteiger partial charge in [0.25, 0.3) is 0 Å². The number of rotatable bonds is 3. The van der Waals surface area contributed by atoms with E-state index in [9.17, 15) is 4.79 Å². The minimum Gasteiger partial charge on any atom is -0.497 e. The first-order valence-corrected chi connectivity index (χ1v) is 7.34. The van der Waals surface area contributed by atoms with Crippen LogP contribution < -0.4 is 10.1 Å². The van der Waals surface area contributed by atoms with Gasteiger partial charge in [-0.1, -0.05) is 30.0 Å². The van der Waals surface area contributed by atoms with Crippen LogP contribution in [-0.4, -0.2) is 30.2 Å². The lowest BCUT2D eigenvalue weighted by molar-refractivity contribution is -0.116. The highest BCUT2D eigenvalue weighted by Gasteiger charge is 2.15. The summed E-state index contributed by atoms with van der Waals surface area (Å²) in [6.45, 7) is 0. The van der Waals surface area contributed by atoms with E-state index in [1.165, 1.54) is 11.8 Å². The van der Waals surface area contributed by atoms with Gasteiger partial charge in [0.2, 0.25) is 5.91 Å². The maximum absolute atomic E-state index is 11.0. The van der Waals surface area contributed by atoms with Gasteiger partial charge in [-0.3, -0.25) is 4.79 Å². The topological polar surface area (TPSA) is 63.1 Å². The van der Waals surface area contributed by atoms with Crippen molar-refractivity contribution < 1.29 is 9.53 Å². The van der Waals surface area contributed by atoms with Crippen LogP contribution in [-0.2, 0) is 4.79 Å². The number of carbonyl (C=O) groups is 1. The molecule has 1 heterocycles. The summed E-state index contributed by atoms with van der Waals surface area (Å²) in [6.07, 6.45) is 1.67. The van der Waals surface area contributed by atoms with Gasteiger partial charge < -0.3 is 10.1 Å². The Kier molecular flexibility index (Phi) is 3.87. The van der Waals surface area contributed by atoms with Crippen LogP contribution in [0, 0.1) is 0 Å². The summed E-state index contributed by atoms with van der Waals surface area (Å²) in [7, 11) is 1.65. The Balaban J connectivity index is 1.79. The summed E-state index contributed by atoms with van der Waals surface area (Å²) in [5.41, 5.74) is 0.950. The second-order valence-electron chi connectivity index (χ2n) is 4.46. The van der Waals surface area contributed by atoms with Gasteiger partial charge in [-0.25, -0.2) is 0 Å². The third kappa shape index (κ3) is 3.22. The fourth-order valence-corrected chi connectivity index (χ4v) is 2.61. The molecule has 2 aromatic carbocycles. The molecule has 0 unspecified atom stereocenters. The summed E-state index contributed by atoms with van der Waals surface area (Å²) in [5.74, 6) is 1.21. The molecule has 1 amide bonds. The Morgan fingerprint density at radius 1 is 1.24 bits per heavy atom. The predicted molar refractivity (Wildman–Crippen MR) is 86.1 cm³/mol. The normalized spacial score (nSPS) is 16.8. The molecule has 0 bridgehead atoms. The quantitative estimate of drug-likeness (QED) is 0.699. The first-order valence-electron chi connectivity index (χ1n) is 6.36. The van der Waals surface area contributed by atoms with Crippen molar-refractivity contribution in [2.75, 3.05) is 12.9 Å². The molecular formula is C15H13N3O2S. The number of ether oxygens (including phenoxy) is 1. The number of hydrogen-bond acceptors (Lipinski definition) is 5. The Bertz CT molecular complexity index is 756. The number of hydrogen-bond donors (Lipinski definition) is 1. The molecule has 1 aliphatic rings. The maximum Gasteiger partial charge on any atom is 0.236 e. The molecule has 3 rings (SSSR count). The molecule has 1 N–H and O–H groups in total. The number of carbonyl (C=O) groups excluding carboxylic acids is 1. The summed E-state index contributed by atoms with van der Waals surface area (Å²) in [4.78, 5) is 11.0. The number of thioether (sulfide) groups is 1. The van der Waals surface area contributed by atoms with E-state index >= 15 is 0 Å². The predicted octanol–water partition coefficient (Wildman–Crippen LogP) is 2.40. The summed E-state index contributed by atoms with van der Waals surface area (Å²) < 4.78 is 5.20. The second-order valence-corrected chi connectivity index (χ2v) is 5.42. The highest BCUT2D eigenvalue weighted by Crippen LogP contribution is 2.21. The first kappa shape index (κ1) is 13.6. The van der Waals surface area contributed by atoms with Crippen LogP contribution in [0.1, 0.15) is 5.56 Å². The van der Waals surface area contributed by atoms with Crippen LogP contribution in [0.3, 0.4) is 0 Å². The smallest absolute Gasteiger partial charge is 0.236 e. The van der Waals surface area contributed by atoms with Gasteiger partial charge in [-0.15, -0.1) is 5.10 Å². The minimum absolute atomic E-state index is 0.0337. The maximum atomic E-state index is 11.0. The Morgan fingerprint density at radius 2 is 2.05 bits per heavy atom. The van der Waals surface area contributed by atoms with E-state index in [1.54, 1.807) is 13.3 Å². The van der Waals surface area contributed by atoms with Gasteiger partial charge in [0, 0.05) is 0 Å². The number of methoxy groups -OCH3 is 1. The number of amides is 1. The molecule has 1 fully saturated rings. The largest absolute Gasteiger partial charge is 0.497 e. The standard InChI is InChI=1S/C15H13N3O2S/c1-20-13-5-4-11-6-10(2-3-12(11)7-13)8-16-18-15-17-14(19)9-21-15/h2-8H,9H2,1H3,(H,17,18,19)/b16-8+. The molecule has 6 heteroatoms. The van der Waals surface area contributed by atoms with Crippen LogP contribution in [0.2, 0.25) is 0 Å². The van der Waals surface area contributed by atoms with Crippen molar-refractivity contribution in [3.63, 3.8) is 0 Å². The van der Waals surface area contributed by atoms with Crippen LogP contribution in [0.4, 0.5) is 0 Å². The SMILES string of the molecule is COc1ccc2cc(/C=N/N=C3NC(=O)CS3)ccc2c1. The van der Waals surface area contributed by atoms with E-state index in [0.717, 1.165) is 22.1 Å². The lowest BCUT2D eigenvalue weighted by atomic mass is 10.1. The Labute approximate surface area is 126 Å². The van der Waals surface area contributed by atoms with Crippen LogP contribution in [0.25, 0.3) is 10.8 Å². The second kappa shape index (κ2) is 5.97.